The first-order valence-corrected chi connectivity index (χ1v) is 4.27. The molecule has 1 aromatic rings. The second-order valence-corrected chi connectivity index (χ2v) is 3.03. The summed E-state index contributed by atoms with van der Waals surface area (Å²) in [7, 11) is 0. The Hall–Kier alpha value is -2.10. The Morgan fingerprint density at radius 2 is 2.31 bits per heavy atom. The van der Waals surface area contributed by atoms with Crippen molar-refractivity contribution in [3.63, 3.8) is 0 Å². The van der Waals surface area contributed by atoms with E-state index in [1.54, 1.807) is 6.07 Å². The average Bonchev–Trinajstić information content (AvgIpc) is 2.17. The normalized spacial score (nSPS) is 10.2. The summed E-state index contributed by atoms with van der Waals surface area (Å²) in [5.41, 5.74) is -1.21. The van der Waals surface area contributed by atoms with Crippen molar-refractivity contribution in [1.29, 1.82) is 5.26 Å². The summed E-state index contributed by atoms with van der Waals surface area (Å²) in [4.78, 5) is 13.4. The van der Waals surface area contributed by atoms with E-state index in [0.29, 0.717) is 0 Å². The first kappa shape index (κ1) is 12.0. The van der Waals surface area contributed by atoms with Crippen LogP contribution in [-0.2, 0) is 6.42 Å². The van der Waals surface area contributed by atoms with Crippen LogP contribution in [0.2, 0.25) is 0 Å². The molecule has 0 fully saturated rings. The van der Waals surface area contributed by atoms with Crippen LogP contribution in [-0.4, -0.2) is 9.91 Å². The highest BCUT2D eigenvalue weighted by Gasteiger charge is 2.24. The molecule has 0 aliphatic carbocycles. The standard InChI is InChI=1S/C9H7F2N3O2/c1-5-6(9(10)11)4-13-7(2-3-12)8(5)14(15)16/h4,9H,2H2,1H3. The molecule has 16 heavy (non-hydrogen) atoms. The van der Waals surface area contributed by atoms with Crippen LogP contribution in [0.1, 0.15) is 23.2 Å². The van der Waals surface area contributed by atoms with E-state index < -0.39 is 22.6 Å². The lowest BCUT2D eigenvalue weighted by Crippen LogP contribution is -2.04. The van der Waals surface area contributed by atoms with Gasteiger partial charge in [-0.2, -0.15) is 5.26 Å². The van der Waals surface area contributed by atoms with E-state index in [0.717, 1.165) is 6.20 Å². The molecule has 1 rings (SSSR count). The number of alkyl halides is 2. The third-order valence-electron chi connectivity index (χ3n) is 2.09. The molecule has 1 heterocycles. The Bertz CT molecular complexity index is 469. The predicted octanol–water partition coefficient (Wildman–Crippen LogP) is 2.30. The van der Waals surface area contributed by atoms with E-state index in [-0.39, 0.29) is 17.7 Å². The van der Waals surface area contributed by atoms with Crippen molar-refractivity contribution in [2.45, 2.75) is 19.8 Å². The van der Waals surface area contributed by atoms with Gasteiger partial charge in [0.15, 0.2) is 0 Å². The van der Waals surface area contributed by atoms with Crippen LogP contribution in [0, 0.1) is 28.4 Å². The van der Waals surface area contributed by atoms with Crippen molar-refractivity contribution < 1.29 is 13.7 Å². The summed E-state index contributed by atoms with van der Waals surface area (Å²) in [6.45, 7) is 1.22. The lowest BCUT2D eigenvalue weighted by molar-refractivity contribution is -0.386. The third-order valence-corrected chi connectivity index (χ3v) is 2.09. The predicted molar refractivity (Wildman–Crippen MR) is 49.9 cm³/mol. The molecule has 1 aromatic heterocycles. The first-order chi connectivity index (χ1) is 7.49. The SMILES string of the molecule is Cc1c(C(F)F)cnc(CC#N)c1[N+](=O)[O-]. The zero-order chi connectivity index (χ0) is 12.3. The summed E-state index contributed by atoms with van der Waals surface area (Å²) in [5.74, 6) is 0. The summed E-state index contributed by atoms with van der Waals surface area (Å²) in [6.07, 6.45) is -2.22. The van der Waals surface area contributed by atoms with E-state index in [9.17, 15) is 18.9 Å². The van der Waals surface area contributed by atoms with Crippen LogP contribution >= 0.6 is 0 Å². The van der Waals surface area contributed by atoms with E-state index in [1.807, 2.05) is 0 Å². The Labute approximate surface area is 89.5 Å². The topological polar surface area (TPSA) is 79.8 Å². The number of aromatic nitrogens is 1. The van der Waals surface area contributed by atoms with Crippen molar-refractivity contribution in [2.24, 2.45) is 0 Å². The Morgan fingerprint density at radius 1 is 1.69 bits per heavy atom. The Kier molecular flexibility index (Phi) is 3.45. The number of nitrogens with zero attached hydrogens (tertiary/aromatic N) is 3. The molecule has 0 radical (unpaired) electrons. The number of hydrogen-bond donors (Lipinski definition) is 0. The fourth-order valence-corrected chi connectivity index (χ4v) is 1.33. The van der Waals surface area contributed by atoms with Gasteiger partial charge in [0.25, 0.3) is 12.1 Å². The highest BCUT2D eigenvalue weighted by Crippen LogP contribution is 2.30. The molecule has 0 bridgehead atoms. The van der Waals surface area contributed by atoms with Crippen LogP contribution in [0.25, 0.3) is 0 Å². The molecule has 0 saturated heterocycles. The summed E-state index contributed by atoms with van der Waals surface area (Å²) in [5, 5.41) is 19.1. The van der Waals surface area contributed by atoms with Crippen LogP contribution in [0.3, 0.4) is 0 Å². The van der Waals surface area contributed by atoms with Gasteiger partial charge in [0.1, 0.15) is 5.69 Å². The minimum absolute atomic E-state index is 0.0885. The molecular formula is C9H7F2N3O2. The minimum Gasteiger partial charge on any atom is -0.258 e. The van der Waals surface area contributed by atoms with Gasteiger partial charge in [-0.05, 0) is 6.92 Å². The van der Waals surface area contributed by atoms with E-state index in [4.69, 9.17) is 5.26 Å². The molecule has 0 N–H and O–H groups in total. The van der Waals surface area contributed by atoms with Gasteiger partial charge in [0.2, 0.25) is 0 Å². The first-order valence-electron chi connectivity index (χ1n) is 4.27. The molecule has 0 spiro atoms. The molecule has 0 aliphatic rings. The fraction of sp³-hybridized carbons (Fsp3) is 0.333. The summed E-state index contributed by atoms with van der Waals surface area (Å²) < 4.78 is 24.9. The monoisotopic (exact) mass is 227 g/mol. The van der Waals surface area contributed by atoms with Crippen molar-refractivity contribution >= 4 is 5.69 Å². The van der Waals surface area contributed by atoms with Gasteiger partial charge in [0, 0.05) is 17.3 Å². The van der Waals surface area contributed by atoms with Crippen molar-refractivity contribution in [2.75, 3.05) is 0 Å². The average molecular weight is 227 g/mol. The van der Waals surface area contributed by atoms with Crippen LogP contribution in [0.15, 0.2) is 6.20 Å². The molecule has 7 heteroatoms. The summed E-state index contributed by atoms with van der Waals surface area (Å²) in [6, 6.07) is 1.70. The smallest absolute Gasteiger partial charge is 0.258 e. The van der Waals surface area contributed by atoms with E-state index >= 15 is 0 Å². The molecule has 0 atom stereocenters. The third kappa shape index (κ3) is 2.11. The second kappa shape index (κ2) is 4.61. The molecule has 0 amide bonds. The van der Waals surface area contributed by atoms with Crippen LogP contribution in [0.5, 0.6) is 0 Å². The molecule has 84 valence electrons. The molecule has 0 saturated carbocycles. The number of rotatable bonds is 3. The van der Waals surface area contributed by atoms with Crippen molar-refractivity contribution in [3.8, 4) is 6.07 Å². The lowest BCUT2D eigenvalue weighted by Gasteiger charge is -2.06. The van der Waals surface area contributed by atoms with Gasteiger partial charge in [-0.15, -0.1) is 0 Å². The second-order valence-electron chi connectivity index (χ2n) is 3.03. The van der Waals surface area contributed by atoms with Gasteiger partial charge in [-0.3, -0.25) is 15.1 Å². The fourth-order valence-electron chi connectivity index (χ4n) is 1.33. The number of nitro groups is 1. The Morgan fingerprint density at radius 3 is 2.75 bits per heavy atom. The molecule has 0 aromatic carbocycles. The number of halogens is 2. The molecule has 0 aliphatic heterocycles. The maximum Gasteiger partial charge on any atom is 0.295 e. The minimum atomic E-state index is -2.82. The summed E-state index contributed by atoms with van der Waals surface area (Å²) >= 11 is 0. The van der Waals surface area contributed by atoms with Gasteiger partial charge in [0.05, 0.1) is 17.4 Å². The van der Waals surface area contributed by atoms with Gasteiger partial charge < -0.3 is 0 Å². The molecular weight excluding hydrogens is 220 g/mol. The van der Waals surface area contributed by atoms with E-state index in [1.165, 1.54) is 6.92 Å². The highest BCUT2D eigenvalue weighted by atomic mass is 19.3. The van der Waals surface area contributed by atoms with E-state index in [2.05, 4.69) is 4.98 Å². The highest BCUT2D eigenvalue weighted by molar-refractivity contribution is 5.48. The molecule has 0 unspecified atom stereocenters. The van der Waals surface area contributed by atoms with Gasteiger partial charge in [-0.1, -0.05) is 0 Å². The quantitative estimate of drug-likeness (QED) is 0.586. The van der Waals surface area contributed by atoms with Crippen LogP contribution in [0.4, 0.5) is 14.5 Å². The lowest BCUT2D eigenvalue weighted by atomic mass is 10.1. The largest absolute Gasteiger partial charge is 0.295 e. The maximum absolute atomic E-state index is 12.5. The van der Waals surface area contributed by atoms with Gasteiger partial charge in [-0.25, -0.2) is 8.78 Å². The Balaban J connectivity index is 3.43. The van der Waals surface area contributed by atoms with Crippen molar-refractivity contribution in [3.05, 3.63) is 33.1 Å². The number of hydrogen-bond acceptors (Lipinski definition) is 4. The maximum atomic E-state index is 12.5. The van der Waals surface area contributed by atoms with Crippen molar-refractivity contribution in [1.82, 2.24) is 4.98 Å². The van der Waals surface area contributed by atoms with Gasteiger partial charge >= 0.3 is 0 Å². The zero-order valence-electron chi connectivity index (χ0n) is 8.28. The number of pyridine rings is 1. The molecule has 5 nitrogen and oxygen atoms in total. The van der Waals surface area contributed by atoms with Crippen LogP contribution < -0.4 is 0 Å². The number of nitriles is 1. The zero-order valence-corrected chi connectivity index (χ0v) is 8.28.